The molecule has 6 nitrogen and oxygen atoms in total. The molecule has 0 radical (unpaired) electrons. The number of hydrogen-bond acceptors (Lipinski definition) is 4. The van der Waals surface area contributed by atoms with Gasteiger partial charge in [0.25, 0.3) is 5.56 Å². The third-order valence-electron chi connectivity index (χ3n) is 3.17. The smallest absolute Gasteiger partial charge is 0.333 e. The molecule has 0 spiro atoms. The number of carbonyl (C=O) groups is 1. The molecule has 0 unspecified atom stereocenters. The average molecular weight is 264 g/mol. The second kappa shape index (κ2) is 5.69. The number of aromatic amines is 1. The van der Waals surface area contributed by atoms with Crippen molar-refractivity contribution in [2.45, 2.75) is 32.2 Å². The Hall–Kier alpha value is -2.11. The summed E-state index contributed by atoms with van der Waals surface area (Å²) < 4.78 is 6.44. The van der Waals surface area contributed by atoms with Gasteiger partial charge in [-0.05, 0) is 26.2 Å². The maximum absolute atomic E-state index is 11.7. The van der Waals surface area contributed by atoms with Gasteiger partial charge in [0.1, 0.15) is 0 Å². The molecule has 0 aromatic carbocycles. The molecule has 0 saturated heterocycles. The maximum Gasteiger partial charge on any atom is 0.333 e. The van der Waals surface area contributed by atoms with Crippen molar-refractivity contribution in [3.63, 3.8) is 0 Å². The molecule has 1 aliphatic rings. The van der Waals surface area contributed by atoms with E-state index in [2.05, 4.69) is 4.98 Å². The van der Waals surface area contributed by atoms with Crippen molar-refractivity contribution in [2.75, 3.05) is 6.61 Å². The van der Waals surface area contributed by atoms with E-state index in [9.17, 15) is 14.4 Å². The first-order valence-corrected chi connectivity index (χ1v) is 6.29. The van der Waals surface area contributed by atoms with Gasteiger partial charge < -0.3 is 4.74 Å². The van der Waals surface area contributed by atoms with Crippen LogP contribution in [-0.4, -0.2) is 22.1 Å². The molecule has 1 N–H and O–H groups in total. The molecule has 0 amide bonds. The minimum Gasteiger partial charge on any atom is -0.463 e. The molecule has 0 bridgehead atoms. The Morgan fingerprint density at radius 1 is 1.53 bits per heavy atom. The average Bonchev–Trinajstić information content (AvgIpc) is 2.39. The SMILES string of the molecule is CCOC(=O)C1=CC[C@H](n2ccc(=O)[nH]c2=O)CC1. The third-order valence-corrected chi connectivity index (χ3v) is 3.17. The van der Waals surface area contributed by atoms with Crippen molar-refractivity contribution in [3.05, 3.63) is 44.8 Å². The highest BCUT2D eigenvalue weighted by Gasteiger charge is 2.21. The minimum atomic E-state index is -0.412. The number of rotatable bonds is 3. The Bertz CT molecular complexity index is 612. The maximum atomic E-state index is 11.7. The van der Waals surface area contributed by atoms with E-state index in [1.54, 1.807) is 6.92 Å². The Balaban J connectivity index is 2.13. The van der Waals surface area contributed by atoms with Gasteiger partial charge in [-0.2, -0.15) is 0 Å². The summed E-state index contributed by atoms with van der Waals surface area (Å²) in [5.41, 5.74) is -0.152. The molecule has 1 aromatic heterocycles. The number of H-pyrrole nitrogens is 1. The summed E-state index contributed by atoms with van der Waals surface area (Å²) in [6.45, 7) is 2.13. The lowest BCUT2D eigenvalue weighted by Crippen LogP contribution is -2.32. The number of esters is 1. The van der Waals surface area contributed by atoms with E-state index in [1.807, 2.05) is 6.08 Å². The van der Waals surface area contributed by atoms with Gasteiger partial charge in [-0.1, -0.05) is 6.08 Å². The van der Waals surface area contributed by atoms with Crippen molar-refractivity contribution in [1.82, 2.24) is 9.55 Å². The number of nitrogens with zero attached hydrogens (tertiary/aromatic N) is 1. The van der Waals surface area contributed by atoms with Gasteiger partial charge in [-0.25, -0.2) is 9.59 Å². The fraction of sp³-hybridized carbons (Fsp3) is 0.462. The number of carbonyl (C=O) groups excluding carboxylic acids is 1. The Kier molecular flexibility index (Phi) is 3.99. The summed E-state index contributed by atoms with van der Waals surface area (Å²) in [4.78, 5) is 36.4. The standard InChI is InChI=1S/C13H16N2O4/c1-2-19-12(17)9-3-5-10(6-4-9)15-8-7-11(16)14-13(15)18/h3,7-8,10H,2,4-6H2,1H3,(H,14,16,18)/t10-/m0/s1. The highest BCUT2D eigenvalue weighted by Crippen LogP contribution is 2.26. The molecule has 1 aliphatic carbocycles. The van der Waals surface area contributed by atoms with E-state index in [1.165, 1.54) is 16.8 Å². The molecular weight excluding hydrogens is 248 g/mol. The molecule has 2 rings (SSSR count). The van der Waals surface area contributed by atoms with E-state index in [0.29, 0.717) is 31.4 Å². The number of nitrogens with one attached hydrogen (secondary N) is 1. The highest BCUT2D eigenvalue weighted by atomic mass is 16.5. The second-order valence-corrected chi connectivity index (χ2v) is 4.40. The zero-order valence-corrected chi connectivity index (χ0v) is 10.7. The largest absolute Gasteiger partial charge is 0.463 e. The fourth-order valence-corrected chi connectivity index (χ4v) is 2.20. The lowest BCUT2D eigenvalue weighted by molar-refractivity contribution is -0.138. The van der Waals surface area contributed by atoms with Crippen LogP contribution in [0.15, 0.2) is 33.5 Å². The van der Waals surface area contributed by atoms with Gasteiger partial charge in [-0.15, -0.1) is 0 Å². The molecule has 19 heavy (non-hydrogen) atoms. The highest BCUT2D eigenvalue weighted by molar-refractivity contribution is 5.88. The number of ether oxygens (including phenoxy) is 1. The Morgan fingerprint density at radius 3 is 2.89 bits per heavy atom. The van der Waals surface area contributed by atoms with Crippen LogP contribution in [0, 0.1) is 0 Å². The Morgan fingerprint density at radius 2 is 2.32 bits per heavy atom. The van der Waals surface area contributed by atoms with E-state index in [-0.39, 0.29) is 12.0 Å². The molecule has 1 heterocycles. The number of allylic oxidation sites excluding steroid dienone is 1. The summed E-state index contributed by atoms with van der Waals surface area (Å²) in [6.07, 6.45) is 5.14. The van der Waals surface area contributed by atoms with Crippen LogP contribution in [-0.2, 0) is 9.53 Å². The van der Waals surface area contributed by atoms with Crippen LogP contribution in [0.1, 0.15) is 32.2 Å². The van der Waals surface area contributed by atoms with Crippen molar-refractivity contribution in [2.24, 2.45) is 0 Å². The normalized spacial score (nSPS) is 18.8. The molecular formula is C13H16N2O4. The fourth-order valence-electron chi connectivity index (χ4n) is 2.20. The number of hydrogen-bond donors (Lipinski definition) is 1. The van der Waals surface area contributed by atoms with Crippen LogP contribution in [0.3, 0.4) is 0 Å². The molecule has 0 aliphatic heterocycles. The van der Waals surface area contributed by atoms with Gasteiger partial charge in [0, 0.05) is 23.9 Å². The molecule has 0 saturated carbocycles. The van der Waals surface area contributed by atoms with E-state index >= 15 is 0 Å². The van der Waals surface area contributed by atoms with Gasteiger partial charge in [0.2, 0.25) is 0 Å². The van der Waals surface area contributed by atoms with Crippen LogP contribution in [0.4, 0.5) is 0 Å². The van der Waals surface area contributed by atoms with Gasteiger partial charge >= 0.3 is 11.7 Å². The quantitative estimate of drug-likeness (QED) is 0.817. The van der Waals surface area contributed by atoms with Gasteiger partial charge in [0.05, 0.1) is 6.61 Å². The van der Waals surface area contributed by atoms with Crippen molar-refractivity contribution >= 4 is 5.97 Å². The van der Waals surface area contributed by atoms with Crippen LogP contribution in [0.5, 0.6) is 0 Å². The molecule has 6 heteroatoms. The first-order chi connectivity index (χ1) is 9.11. The van der Waals surface area contributed by atoms with Gasteiger partial charge in [-0.3, -0.25) is 14.3 Å². The number of aromatic nitrogens is 2. The van der Waals surface area contributed by atoms with Crippen molar-refractivity contribution in [1.29, 1.82) is 0 Å². The summed E-state index contributed by atoms with van der Waals surface area (Å²) in [5, 5.41) is 0. The van der Waals surface area contributed by atoms with Crippen molar-refractivity contribution < 1.29 is 9.53 Å². The first-order valence-electron chi connectivity index (χ1n) is 6.29. The molecule has 1 aromatic rings. The lowest BCUT2D eigenvalue weighted by atomic mass is 9.95. The summed E-state index contributed by atoms with van der Waals surface area (Å²) in [5.74, 6) is -0.283. The van der Waals surface area contributed by atoms with E-state index in [4.69, 9.17) is 4.74 Å². The predicted molar refractivity (Wildman–Crippen MR) is 68.9 cm³/mol. The van der Waals surface area contributed by atoms with Crippen molar-refractivity contribution in [3.8, 4) is 0 Å². The third kappa shape index (κ3) is 3.01. The molecule has 1 atom stereocenters. The summed E-state index contributed by atoms with van der Waals surface area (Å²) in [6, 6.07) is 1.30. The Labute approximate surface area is 109 Å². The minimum absolute atomic E-state index is 0.0254. The van der Waals surface area contributed by atoms with Crippen LogP contribution >= 0.6 is 0 Å². The predicted octanol–water partition coefficient (Wildman–Crippen LogP) is 0.751. The lowest BCUT2D eigenvalue weighted by Gasteiger charge is -2.22. The first kappa shape index (κ1) is 13.3. The summed E-state index contributed by atoms with van der Waals surface area (Å²) >= 11 is 0. The molecule has 102 valence electrons. The topological polar surface area (TPSA) is 81.2 Å². The zero-order valence-electron chi connectivity index (χ0n) is 10.7. The zero-order chi connectivity index (χ0) is 13.8. The van der Waals surface area contributed by atoms with Crippen LogP contribution < -0.4 is 11.2 Å². The summed E-state index contributed by atoms with van der Waals surface area (Å²) in [7, 11) is 0. The monoisotopic (exact) mass is 264 g/mol. The van der Waals surface area contributed by atoms with Gasteiger partial charge in [0.15, 0.2) is 0 Å². The molecule has 0 fully saturated rings. The van der Waals surface area contributed by atoms with E-state index in [0.717, 1.165) is 0 Å². The van der Waals surface area contributed by atoms with Crippen LogP contribution in [0.2, 0.25) is 0 Å². The van der Waals surface area contributed by atoms with Crippen LogP contribution in [0.25, 0.3) is 0 Å². The van der Waals surface area contributed by atoms with E-state index < -0.39 is 11.2 Å². The second-order valence-electron chi connectivity index (χ2n) is 4.40.